The van der Waals surface area contributed by atoms with Gasteiger partial charge in [-0.3, -0.25) is 0 Å². The highest BCUT2D eigenvalue weighted by Gasteiger charge is 2.11. The molecule has 0 N–H and O–H groups in total. The van der Waals surface area contributed by atoms with Gasteiger partial charge in [-0.15, -0.1) is 20.4 Å². The Morgan fingerprint density at radius 1 is 1.00 bits per heavy atom. The molecule has 0 spiro atoms. The molecule has 0 fully saturated rings. The minimum atomic E-state index is 0.289. The number of hydrogen-bond acceptors (Lipinski definition) is 7. The van der Waals surface area contributed by atoms with Crippen LogP contribution in [-0.4, -0.2) is 30.4 Å². The third-order valence-corrected chi connectivity index (χ3v) is 3.68. The van der Waals surface area contributed by atoms with Crippen molar-refractivity contribution in [1.29, 1.82) is 0 Å². The number of rotatable bonds is 4. The molecule has 0 bridgehead atoms. The predicted molar refractivity (Wildman–Crippen MR) is 80.0 cm³/mol. The average molecular weight is 310 g/mol. The zero-order valence-corrected chi connectivity index (χ0v) is 12.1. The largest absolute Gasteiger partial charge is 0.419 e. The number of aromatic nitrogens is 6. The van der Waals surface area contributed by atoms with E-state index in [0.717, 1.165) is 11.1 Å². The fraction of sp³-hybridized carbons (Fsp3) is 0.0714. The molecule has 3 heterocycles. The molecule has 0 amide bonds. The third kappa shape index (κ3) is 2.51. The molecule has 0 radical (unpaired) electrons. The van der Waals surface area contributed by atoms with Crippen molar-refractivity contribution in [2.24, 2.45) is 0 Å². The van der Waals surface area contributed by atoms with Gasteiger partial charge in [-0.05, 0) is 28.8 Å². The van der Waals surface area contributed by atoms with E-state index in [4.69, 9.17) is 4.42 Å². The van der Waals surface area contributed by atoms with Gasteiger partial charge in [0.2, 0.25) is 17.6 Å². The van der Waals surface area contributed by atoms with Gasteiger partial charge in [0.25, 0.3) is 0 Å². The molecule has 8 heteroatoms. The number of hydrogen-bond donors (Lipinski definition) is 0. The number of benzene rings is 1. The highest BCUT2D eigenvalue weighted by Crippen LogP contribution is 2.18. The monoisotopic (exact) mass is 310 g/mol. The molecule has 22 heavy (non-hydrogen) atoms. The second-order valence-electron chi connectivity index (χ2n) is 4.52. The van der Waals surface area contributed by atoms with Crippen LogP contribution in [0.2, 0.25) is 0 Å². The SMILES string of the molecule is c1ccc(-c2nnc(Cn3nnc(-c4ccsc4)n3)o2)cc1. The Bertz CT molecular complexity index is 868. The van der Waals surface area contributed by atoms with Crippen LogP contribution in [0.5, 0.6) is 0 Å². The van der Waals surface area contributed by atoms with E-state index in [0.29, 0.717) is 17.6 Å². The lowest BCUT2D eigenvalue weighted by atomic mass is 10.2. The first-order valence-corrected chi connectivity index (χ1v) is 7.51. The van der Waals surface area contributed by atoms with E-state index in [1.54, 1.807) is 11.3 Å². The Morgan fingerprint density at radius 2 is 1.91 bits per heavy atom. The molecule has 0 aliphatic carbocycles. The molecular weight excluding hydrogens is 300 g/mol. The second-order valence-corrected chi connectivity index (χ2v) is 5.30. The smallest absolute Gasteiger partial charge is 0.247 e. The Kier molecular flexibility index (Phi) is 3.20. The van der Waals surface area contributed by atoms with Gasteiger partial charge >= 0.3 is 0 Å². The van der Waals surface area contributed by atoms with E-state index in [1.807, 2.05) is 47.2 Å². The van der Waals surface area contributed by atoms with Crippen LogP contribution in [0.3, 0.4) is 0 Å². The zero-order chi connectivity index (χ0) is 14.8. The maximum atomic E-state index is 5.62. The van der Waals surface area contributed by atoms with Gasteiger partial charge in [0.1, 0.15) is 6.54 Å². The third-order valence-electron chi connectivity index (χ3n) is 3.00. The van der Waals surface area contributed by atoms with Crippen molar-refractivity contribution >= 4 is 11.3 Å². The number of tetrazole rings is 1. The van der Waals surface area contributed by atoms with E-state index in [2.05, 4.69) is 25.6 Å². The maximum Gasteiger partial charge on any atom is 0.247 e. The van der Waals surface area contributed by atoms with Crippen molar-refractivity contribution < 1.29 is 4.42 Å². The fourth-order valence-corrected chi connectivity index (χ4v) is 2.59. The molecule has 4 rings (SSSR count). The van der Waals surface area contributed by atoms with Crippen molar-refractivity contribution in [2.45, 2.75) is 6.54 Å². The molecule has 0 atom stereocenters. The van der Waals surface area contributed by atoms with E-state index in [9.17, 15) is 0 Å². The molecule has 1 aromatic carbocycles. The van der Waals surface area contributed by atoms with Gasteiger partial charge in [-0.2, -0.15) is 16.1 Å². The van der Waals surface area contributed by atoms with E-state index >= 15 is 0 Å². The molecule has 0 saturated carbocycles. The molecule has 108 valence electrons. The summed E-state index contributed by atoms with van der Waals surface area (Å²) in [5.41, 5.74) is 1.83. The summed E-state index contributed by atoms with van der Waals surface area (Å²) in [4.78, 5) is 1.44. The summed E-state index contributed by atoms with van der Waals surface area (Å²) in [6, 6.07) is 11.6. The molecule has 0 saturated heterocycles. The topological polar surface area (TPSA) is 82.5 Å². The van der Waals surface area contributed by atoms with Crippen LogP contribution < -0.4 is 0 Å². The lowest BCUT2D eigenvalue weighted by Gasteiger charge is -1.93. The summed E-state index contributed by atoms with van der Waals surface area (Å²) in [6.45, 7) is 0.289. The van der Waals surface area contributed by atoms with Crippen LogP contribution in [-0.2, 0) is 6.54 Å². The van der Waals surface area contributed by atoms with Crippen LogP contribution >= 0.6 is 11.3 Å². The molecule has 4 aromatic rings. The van der Waals surface area contributed by atoms with Crippen molar-refractivity contribution in [1.82, 2.24) is 30.4 Å². The predicted octanol–water partition coefficient (Wildman–Crippen LogP) is 2.50. The quantitative estimate of drug-likeness (QED) is 0.576. The maximum absolute atomic E-state index is 5.62. The minimum Gasteiger partial charge on any atom is -0.419 e. The van der Waals surface area contributed by atoms with Crippen LogP contribution in [0, 0.1) is 0 Å². The summed E-state index contributed by atoms with van der Waals surface area (Å²) in [5, 5.41) is 24.3. The van der Waals surface area contributed by atoms with E-state index in [-0.39, 0.29) is 6.54 Å². The molecule has 3 aromatic heterocycles. The van der Waals surface area contributed by atoms with Crippen LogP contribution in [0.4, 0.5) is 0 Å². The molecule has 0 aliphatic rings. The molecular formula is C14H10N6OS. The van der Waals surface area contributed by atoms with Gasteiger partial charge in [0.05, 0.1) is 0 Å². The van der Waals surface area contributed by atoms with Gasteiger partial charge < -0.3 is 4.42 Å². The minimum absolute atomic E-state index is 0.289. The van der Waals surface area contributed by atoms with Crippen LogP contribution in [0.1, 0.15) is 5.89 Å². The van der Waals surface area contributed by atoms with Crippen molar-refractivity contribution in [3.63, 3.8) is 0 Å². The van der Waals surface area contributed by atoms with Crippen molar-refractivity contribution in [2.75, 3.05) is 0 Å². The highest BCUT2D eigenvalue weighted by molar-refractivity contribution is 7.08. The summed E-state index contributed by atoms with van der Waals surface area (Å²) < 4.78 is 5.62. The molecule has 7 nitrogen and oxygen atoms in total. The Balaban J connectivity index is 1.54. The molecule has 0 aliphatic heterocycles. The summed E-state index contributed by atoms with van der Waals surface area (Å²) in [7, 11) is 0. The lowest BCUT2D eigenvalue weighted by molar-refractivity contribution is 0.446. The first-order chi connectivity index (χ1) is 10.9. The summed E-state index contributed by atoms with van der Waals surface area (Å²) >= 11 is 1.59. The van der Waals surface area contributed by atoms with Gasteiger partial charge in [0, 0.05) is 16.5 Å². The lowest BCUT2D eigenvalue weighted by Crippen LogP contribution is -2.04. The Labute approximate surface area is 129 Å². The average Bonchev–Trinajstić information content (AvgIpc) is 3.30. The van der Waals surface area contributed by atoms with E-state index < -0.39 is 0 Å². The first-order valence-electron chi connectivity index (χ1n) is 6.57. The van der Waals surface area contributed by atoms with Gasteiger partial charge in [-0.25, -0.2) is 0 Å². The first kappa shape index (κ1) is 12.8. The van der Waals surface area contributed by atoms with Gasteiger partial charge in [-0.1, -0.05) is 18.2 Å². The zero-order valence-electron chi connectivity index (χ0n) is 11.3. The fourth-order valence-electron chi connectivity index (χ4n) is 1.95. The standard InChI is InChI=1S/C14H10N6OS/c1-2-4-10(5-3-1)14-17-15-12(21-14)8-20-18-13(16-19-20)11-6-7-22-9-11/h1-7,9H,8H2. The number of thiophene rings is 1. The second kappa shape index (κ2) is 5.49. The molecule has 0 unspecified atom stereocenters. The van der Waals surface area contributed by atoms with E-state index in [1.165, 1.54) is 4.80 Å². The summed E-state index contributed by atoms with van der Waals surface area (Å²) in [5.74, 6) is 1.51. The van der Waals surface area contributed by atoms with Crippen molar-refractivity contribution in [3.8, 4) is 22.8 Å². The highest BCUT2D eigenvalue weighted by atomic mass is 32.1. The van der Waals surface area contributed by atoms with Crippen LogP contribution in [0.25, 0.3) is 22.8 Å². The Morgan fingerprint density at radius 3 is 2.73 bits per heavy atom. The summed E-state index contributed by atoms with van der Waals surface area (Å²) in [6.07, 6.45) is 0. The Hall–Kier alpha value is -2.87. The van der Waals surface area contributed by atoms with Crippen LogP contribution in [0.15, 0.2) is 51.6 Å². The normalized spacial score (nSPS) is 10.9. The van der Waals surface area contributed by atoms with Crippen molar-refractivity contribution in [3.05, 3.63) is 53.0 Å². The number of nitrogens with zero attached hydrogens (tertiary/aromatic N) is 6. The van der Waals surface area contributed by atoms with Gasteiger partial charge in [0.15, 0.2) is 0 Å².